The Morgan fingerprint density at radius 3 is 2.42 bits per heavy atom. The maximum Gasteiger partial charge on any atom is 0.186 e. The Labute approximate surface area is 112 Å². The van der Waals surface area contributed by atoms with E-state index < -0.39 is 0 Å². The number of hydrogen-bond acceptors (Lipinski definition) is 2. The van der Waals surface area contributed by atoms with Gasteiger partial charge in [-0.1, -0.05) is 18.2 Å². The number of aromatic nitrogens is 1. The smallest absolute Gasteiger partial charge is 0.186 e. The molecule has 0 saturated carbocycles. The van der Waals surface area contributed by atoms with Gasteiger partial charge in [0, 0.05) is 23.5 Å². The van der Waals surface area contributed by atoms with Crippen LogP contribution in [0.5, 0.6) is 0 Å². The minimum atomic E-state index is -0.0680. The molecular weight excluding hydrogens is 236 g/mol. The molecule has 2 aromatic rings. The number of benzene rings is 1. The highest BCUT2D eigenvalue weighted by Crippen LogP contribution is 2.20. The molecule has 0 spiro atoms. The fraction of sp³-hybridized carbons (Fsp3) is 0.250. The Bertz CT molecular complexity index is 700. The predicted octanol–water partition coefficient (Wildman–Crippen LogP) is 2.83. The zero-order valence-electron chi connectivity index (χ0n) is 11.4. The molecule has 2 rings (SSSR count). The molecule has 1 heterocycles. The van der Waals surface area contributed by atoms with Gasteiger partial charge in [0.1, 0.15) is 0 Å². The van der Waals surface area contributed by atoms with E-state index in [1.165, 1.54) is 0 Å². The normalized spacial score (nSPS) is 10.2. The van der Waals surface area contributed by atoms with Gasteiger partial charge in [0.2, 0.25) is 0 Å². The topological polar surface area (TPSA) is 45.8 Å². The Morgan fingerprint density at radius 1 is 1.21 bits per heavy atom. The molecule has 0 N–H and O–H groups in total. The third kappa shape index (κ3) is 2.43. The molecule has 0 saturated heterocycles. The Kier molecular flexibility index (Phi) is 3.52. The lowest BCUT2D eigenvalue weighted by molar-refractivity contribution is 0.931. The summed E-state index contributed by atoms with van der Waals surface area (Å²) in [6.45, 7) is 6.00. The molecule has 3 nitrogen and oxygen atoms in total. The van der Waals surface area contributed by atoms with Crippen molar-refractivity contribution in [3.05, 3.63) is 63.1 Å². The summed E-state index contributed by atoms with van der Waals surface area (Å²) < 4.78 is 2.00. The van der Waals surface area contributed by atoms with Crippen LogP contribution < -0.4 is 5.43 Å². The van der Waals surface area contributed by atoms with Crippen molar-refractivity contribution in [1.29, 1.82) is 5.26 Å². The first kappa shape index (κ1) is 13.1. The van der Waals surface area contributed by atoms with Crippen LogP contribution in [0.2, 0.25) is 0 Å². The van der Waals surface area contributed by atoms with E-state index in [1.807, 2.05) is 49.6 Å². The van der Waals surface area contributed by atoms with Crippen molar-refractivity contribution in [3.8, 4) is 11.8 Å². The van der Waals surface area contributed by atoms with E-state index in [0.717, 1.165) is 22.5 Å². The summed E-state index contributed by atoms with van der Waals surface area (Å²) in [5.74, 6) is 0. The van der Waals surface area contributed by atoms with Crippen LogP contribution in [0, 0.1) is 32.1 Å². The van der Waals surface area contributed by atoms with E-state index in [4.69, 9.17) is 5.26 Å². The lowest BCUT2D eigenvalue weighted by Gasteiger charge is -2.17. The van der Waals surface area contributed by atoms with Crippen LogP contribution in [0.1, 0.15) is 22.4 Å². The third-order valence-corrected chi connectivity index (χ3v) is 3.27. The number of hydrogen-bond donors (Lipinski definition) is 0. The molecule has 1 aromatic carbocycles. The number of nitrogens with zero attached hydrogens (tertiary/aromatic N) is 2. The van der Waals surface area contributed by atoms with Gasteiger partial charge in [0.05, 0.1) is 18.2 Å². The second kappa shape index (κ2) is 5.11. The molecule has 0 amide bonds. The van der Waals surface area contributed by atoms with Gasteiger partial charge in [-0.15, -0.1) is 0 Å². The van der Waals surface area contributed by atoms with Gasteiger partial charge in [-0.05, 0) is 31.9 Å². The van der Waals surface area contributed by atoms with Crippen molar-refractivity contribution in [2.45, 2.75) is 27.2 Å². The average Bonchev–Trinajstić information content (AvgIpc) is 2.34. The largest absolute Gasteiger partial charge is 0.320 e. The van der Waals surface area contributed by atoms with Crippen molar-refractivity contribution >= 4 is 0 Å². The minimum absolute atomic E-state index is 0.0680. The Morgan fingerprint density at radius 2 is 1.84 bits per heavy atom. The first-order chi connectivity index (χ1) is 9.04. The Hall–Kier alpha value is -2.34. The van der Waals surface area contributed by atoms with E-state index in [2.05, 4.69) is 0 Å². The van der Waals surface area contributed by atoms with Gasteiger partial charge in [0.25, 0.3) is 0 Å². The third-order valence-electron chi connectivity index (χ3n) is 3.27. The molecule has 0 aliphatic rings. The highest BCUT2D eigenvalue weighted by atomic mass is 16.1. The summed E-state index contributed by atoms with van der Waals surface area (Å²) >= 11 is 0. The zero-order chi connectivity index (χ0) is 14.0. The van der Waals surface area contributed by atoms with Crippen LogP contribution >= 0.6 is 0 Å². The average molecular weight is 252 g/mol. The molecule has 0 aliphatic heterocycles. The highest BCUT2D eigenvalue weighted by molar-refractivity contribution is 5.48. The van der Waals surface area contributed by atoms with Crippen molar-refractivity contribution in [2.24, 2.45) is 0 Å². The molecule has 96 valence electrons. The molecule has 0 unspecified atom stereocenters. The summed E-state index contributed by atoms with van der Waals surface area (Å²) in [4.78, 5) is 11.8. The summed E-state index contributed by atoms with van der Waals surface area (Å²) in [6, 6.07) is 9.74. The number of nitriles is 1. The molecule has 0 fully saturated rings. The first-order valence-electron chi connectivity index (χ1n) is 6.20. The summed E-state index contributed by atoms with van der Waals surface area (Å²) in [5, 5.41) is 8.79. The second-order valence-electron chi connectivity index (χ2n) is 4.75. The van der Waals surface area contributed by atoms with Gasteiger partial charge in [-0.3, -0.25) is 4.79 Å². The van der Waals surface area contributed by atoms with E-state index in [1.54, 1.807) is 12.3 Å². The van der Waals surface area contributed by atoms with Crippen LogP contribution in [0.15, 0.2) is 35.3 Å². The lowest BCUT2D eigenvalue weighted by atomic mass is 10.1. The molecule has 0 bridgehead atoms. The van der Waals surface area contributed by atoms with Gasteiger partial charge >= 0.3 is 0 Å². The van der Waals surface area contributed by atoms with Crippen molar-refractivity contribution < 1.29 is 0 Å². The fourth-order valence-electron chi connectivity index (χ4n) is 2.32. The molecule has 1 aromatic heterocycles. The van der Waals surface area contributed by atoms with Gasteiger partial charge in [-0.25, -0.2) is 0 Å². The van der Waals surface area contributed by atoms with E-state index >= 15 is 0 Å². The molecule has 0 aliphatic carbocycles. The van der Waals surface area contributed by atoms with E-state index in [-0.39, 0.29) is 11.8 Å². The highest BCUT2D eigenvalue weighted by Gasteiger charge is 2.09. The summed E-state index contributed by atoms with van der Waals surface area (Å²) in [6.07, 6.45) is 1.93. The van der Waals surface area contributed by atoms with E-state index in [9.17, 15) is 4.79 Å². The van der Waals surface area contributed by atoms with Gasteiger partial charge < -0.3 is 4.57 Å². The molecule has 0 atom stereocenters. The maximum absolute atomic E-state index is 11.8. The van der Waals surface area contributed by atoms with Crippen LogP contribution in [-0.2, 0) is 6.42 Å². The van der Waals surface area contributed by atoms with Crippen molar-refractivity contribution in [1.82, 2.24) is 4.57 Å². The molecule has 0 radical (unpaired) electrons. The number of pyridine rings is 1. The Balaban J connectivity index is 2.73. The van der Waals surface area contributed by atoms with Gasteiger partial charge in [-0.2, -0.15) is 5.26 Å². The monoisotopic (exact) mass is 252 g/mol. The zero-order valence-corrected chi connectivity index (χ0v) is 11.4. The quantitative estimate of drug-likeness (QED) is 0.825. The standard InChI is InChI=1S/C16H16N2O/c1-11-5-4-6-12(2)16(11)18-10-14(7-8-17)15(19)9-13(18)3/h4-6,9-10H,7H2,1-3H3. The number of para-hydroxylation sites is 1. The molecule has 19 heavy (non-hydrogen) atoms. The minimum Gasteiger partial charge on any atom is -0.320 e. The fourth-order valence-corrected chi connectivity index (χ4v) is 2.32. The lowest BCUT2D eigenvalue weighted by Crippen LogP contribution is -2.15. The molecular formula is C16H16N2O. The maximum atomic E-state index is 11.8. The summed E-state index contributed by atoms with van der Waals surface area (Å²) in [5.41, 5.74) is 4.73. The van der Waals surface area contributed by atoms with Gasteiger partial charge in [0.15, 0.2) is 5.43 Å². The summed E-state index contributed by atoms with van der Waals surface area (Å²) in [7, 11) is 0. The van der Waals surface area contributed by atoms with Crippen molar-refractivity contribution in [2.75, 3.05) is 0 Å². The predicted molar refractivity (Wildman–Crippen MR) is 75.6 cm³/mol. The van der Waals surface area contributed by atoms with Crippen molar-refractivity contribution in [3.63, 3.8) is 0 Å². The van der Waals surface area contributed by atoms with E-state index in [0.29, 0.717) is 5.56 Å². The number of rotatable bonds is 2. The van der Waals surface area contributed by atoms with Crippen LogP contribution in [0.3, 0.4) is 0 Å². The number of aryl methyl sites for hydroxylation is 3. The van der Waals surface area contributed by atoms with Crippen LogP contribution in [0.4, 0.5) is 0 Å². The SMILES string of the molecule is Cc1cccc(C)c1-n1cc(CC#N)c(=O)cc1C. The van der Waals surface area contributed by atoms with Crippen LogP contribution in [0.25, 0.3) is 5.69 Å². The molecule has 3 heteroatoms. The second-order valence-corrected chi connectivity index (χ2v) is 4.75. The van der Waals surface area contributed by atoms with Crippen LogP contribution in [-0.4, -0.2) is 4.57 Å². The first-order valence-corrected chi connectivity index (χ1v) is 6.20.